The fourth-order valence-electron chi connectivity index (χ4n) is 2.44. The van der Waals surface area contributed by atoms with Crippen LogP contribution in [0.5, 0.6) is 0 Å². The van der Waals surface area contributed by atoms with E-state index in [1.807, 2.05) is 12.1 Å². The van der Waals surface area contributed by atoms with Crippen LogP contribution in [0.1, 0.15) is 37.1 Å². The molecule has 1 aromatic carbocycles. The number of aromatic nitrogens is 1. The molecular weight excluding hydrogens is 232 g/mol. The molecule has 2 heteroatoms. The second-order valence-electron chi connectivity index (χ2n) is 4.86. The van der Waals surface area contributed by atoms with Gasteiger partial charge in [-0.05, 0) is 44.0 Å². The van der Waals surface area contributed by atoms with Gasteiger partial charge in [-0.1, -0.05) is 31.2 Å². The molecule has 19 heavy (non-hydrogen) atoms. The Morgan fingerprint density at radius 1 is 1.37 bits per heavy atom. The molecule has 0 fully saturated rings. The number of pyridine rings is 1. The van der Waals surface area contributed by atoms with Crippen molar-refractivity contribution in [3.05, 3.63) is 54.2 Å². The molecule has 0 aliphatic heterocycles. The quantitative estimate of drug-likeness (QED) is 0.783. The molecule has 1 aromatic heterocycles. The van der Waals surface area contributed by atoms with E-state index in [4.69, 9.17) is 4.98 Å². The molecule has 0 bridgehead atoms. The zero-order valence-electron chi connectivity index (χ0n) is 11.8. The highest BCUT2D eigenvalue weighted by atomic mass is 14.9. The minimum atomic E-state index is 0.311. The molecule has 2 aromatic rings. The lowest BCUT2D eigenvalue weighted by Crippen LogP contribution is -2.22. The largest absolute Gasteiger partial charge is 0.309 e. The summed E-state index contributed by atoms with van der Waals surface area (Å²) in [5, 5.41) is 4.76. The van der Waals surface area contributed by atoms with Crippen molar-refractivity contribution in [2.45, 2.75) is 32.7 Å². The summed E-state index contributed by atoms with van der Waals surface area (Å²) in [4.78, 5) is 4.81. The summed E-state index contributed by atoms with van der Waals surface area (Å²) < 4.78 is 0. The van der Waals surface area contributed by atoms with Gasteiger partial charge in [-0.3, -0.25) is 4.98 Å². The third-order valence-electron chi connectivity index (χ3n) is 3.41. The topological polar surface area (TPSA) is 24.9 Å². The Balaban J connectivity index is 2.38. The molecule has 0 aliphatic carbocycles. The lowest BCUT2D eigenvalue weighted by Gasteiger charge is -2.18. The van der Waals surface area contributed by atoms with E-state index in [2.05, 4.69) is 50.0 Å². The van der Waals surface area contributed by atoms with Crippen LogP contribution >= 0.6 is 0 Å². The molecular formula is C17H22N2. The molecule has 0 aliphatic rings. The van der Waals surface area contributed by atoms with Gasteiger partial charge in [-0.25, -0.2) is 0 Å². The van der Waals surface area contributed by atoms with Crippen LogP contribution in [0.15, 0.2) is 43.0 Å². The van der Waals surface area contributed by atoms with Crippen LogP contribution in [0, 0.1) is 6.92 Å². The summed E-state index contributed by atoms with van der Waals surface area (Å²) in [5.41, 5.74) is 3.51. The number of para-hydroxylation sites is 1. The average Bonchev–Trinajstić information content (AvgIpc) is 2.43. The summed E-state index contributed by atoms with van der Waals surface area (Å²) in [7, 11) is 0. The molecule has 1 atom stereocenters. The smallest absolute Gasteiger partial charge is 0.0708 e. The van der Waals surface area contributed by atoms with Crippen molar-refractivity contribution in [1.29, 1.82) is 0 Å². The van der Waals surface area contributed by atoms with E-state index < -0.39 is 0 Å². The second-order valence-corrected chi connectivity index (χ2v) is 4.86. The van der Waals surface area contributed by atoms with Crippen molar-refractivity contribution in [3.63, 3.8) is 0 Å². The van der Waals surface area contributed by atoms with E-state index in [9.17, 15) is 0 Å². The maximum absolute atomic E-state index is 4.81. The van der Waals surface area contributed by atoms with Crippen LogP contribution in [-0.2, 0) is 0 Å². The van der Waals surface area contributed by atoms with Crippen molar-refractivity contribution >= 4 is 10.9 Å². The van der Waals surface area contributed by atoms with Crippen molar-refractivity contribution < 1.29 is 0 Å². The first-order chi connectivity index (χ1) is 9.26. The van der Waals surface area contributed by atoms with Gasteiger partial charge < -0.3 is 5.32 Å². The predicted molar refractivity (Wildman–Crippen MR) is 82.3 cm³/mol. The van der Waals surface area contributed by atoms with E-state index in [1.54, 1.807) is 0 Å². The highest BCUT2D eigenvalue weighted by Crippen LogP contribution is 2.23. The number of fused-ring (bicyclic) bond motifs is 1. The monoisotopic (exact) mass is 254 g/mol. The molecule has 1 N–H and O–H groups in total. The molecule has 1 unspecified atom stereocenters. The number of hydrogen-bond acceptors (Lipinski definition) is 2. The first-order valence-corrected chi connectivity index (χ1v) is 6.96. The van der Waals surface area contributed by atoms with Crippen LogP contribution in [0.4, 0.5) is 0 Å². The first-order valence-electron chi connectivity index (χ1n) is 6.96. The van der Waals surface area contributed by atoms with Gasteiger partial charge in [0.25, 0.3) is 0 Å². The Morgan fingerprint density at radius 2 is 2.16 bits per heavy atom. The van der Waals surface area contributed by atoms with Gasteiger partial charge in [0.1, 0.15) is 0 Å². The standard InChI is InChI=1S/C17H22N2/c1-4-6-10-16(18-5-2)17-12-13(3)14-9-7-8-11-15(14)19-17/h4,7-9,11-12,16,18H,1,5-6,10H2,2-3H3. The van der Waals surface area contributed by atoms with Gasteiger partial charge >= 0.3 is 0 Å². The lowest BCUT2D eigenvalue weighted by molar-refractivity contribution is 0.509. The molecule has 2 rings (SSSR count). The highest BCUT2D eigenvalue weighted by Gasteiger charge is 2.12. The van der Waals surface area contributed by atoms with Crippen LogP contribution in [0.2, 0.25) is 0 Å². The molecule has 100 valence electrons. The van der Waals surface area contributed by atoms with Crippen molar-refractivity contribution in [2.75, 3.05) is 6.54 Å². The minimum absolute atomic E-state index is 0.311. The molecule has 0 spiro atoms. The number of rotatable bonds is 6. The number of aryl methyl sites for hydroxylation is 1. The summed E-state index contributed by atoms with van der Waals surface area (Å²) >= 11 is 0. The zero-order valence-corrected chi connectivity index (χ0v) is 11.8. The van der Waals surface area contributed by atoms with E-state index in [0.717, 1.165) is 30.6 Å². The van der Waals surface area contributed by atoms with Crippen LogP contribution in [0.3, 0.4) is 0 Å². The summed E-state index contributed by atoms with van der Waals surface area (Å²) in [6.07, 6.45) is 4.02. The van der Waals surface area contributed by atoms with E-state index in [-0.39, 0.29) is 0 Å². The van der Waals surface area contributed by atoms with Crippen molar-refractivity contribution in [2.24, 2.45) is 0 Å². The van der Waals surface area contributed by atoms with Gasteiger partial charge in [-0.15, -0.1) is 6.58 Å². The fraction of sp³-hybridized carbons (Fsp3) is 0.353. The zero-order chi connectivity index (χ0) is 13.7. The molecule has 0 saturated carbocycles. The fourth-order valence-corrected chi connectivity index (χ4v) is 2.44. The third kappa shape index (κ3) is 3.21. The first kappa shape index (κ1) is 13.8. The number of allylic oxidation sites excluding steroid dienone is 1. The highest BCUT2D eigenvalue weighted by molar-refractivity contribution is 5.82. The molecule has 0 radical (unpaired) electrons. The summed E-state index contributed by atoms with van der Waals surface area (Å²) in [5.74, 6) is 0. The van der Waals surface area contributed by atoms with Crippen LogP contribution in [-0.4, -0.2) is 11.5 Å². The average molecular weight is 254 g/mol. The predicted octanol–water partition coefficient (Wildman–Crippen LogP) is 4.16. The van der Waals surface area contributed by atoms with E-state index >= 15 is 0 Å². The molecule has 1 heterocycles. The summed E-state index contributed by atoms with van der Waals surface area (Å²) in [6, 6.07) is 10.8. The van der Waals surface area contributed by atoms with Gasteiger partial charge in [-0.2, -0.15) is 0 Å². The van der Waals surface area contributed by atoms with Gasteiger partial charge in [0.15, 0.2) is 0 Å². The Morgan fingerprint density at radius 3 is 2.89 bits per heavy atom. The second kappa shape index (κ2) is 6.48. The lowest BCUT2D eigenvalue weighted by atomic mass is 10.0. The van der Waals surface area contributed by atoms with Gasteiger partial charge in [0.05, 0.1) is 11.2 Å². The Kier molecular flexibility index (Phi) is 4.69. The summed E-state index contributed by atoms with van der Waals surface area (Å²) in [6.45, 7) is 9.05. The SMILES string of the molecule is C=CCCC(NCC)c1cc(C)c2ccccc2n1. The Labute approximate surface area is 115 Å². The van der Waals surface area contributed by atoms with Crippen molar-refractivity contribution in [3.8, 4) is 0 Å². The number of hydrogen-bond donors (Lipinski definition) is 1. The van der Waals surface area contributed by atoms with Crippen LogP contribution < -0.4 is 5.32 Å². The number of benzene rings is 1. The number of nitrogens with one attached hydrogen (secondary N) is 1. The van der Waals surface area contributed by atoms with Gasteiger partial charge in [0.2, 0.25) is 0 Å². The van der Waals surface area contributed by atoms with E-state index in [1.165, 1.54) is 10.9 Å². The van der Waals surface area contributed by atoms with Gasteiger partial charge in [0, 0.05) is 11.4 Å². The maximum atomic E-state index is 4.81. The molecule has 2 nitrogen and oxygen atoms in total. The van der Waals surface area contributed by atoms with E-state index in [0.29, 0.717) is 6.04 Å². The Hall–Kier alpha value is -1.67. The molecule has 0 saturated heterocycles. The molecule has 0 amide bonds. The van der Waals surface area contributed by atoms with Crippen molar-refractivity contribution in [1.82, 2.24) is 10.3 Å². The maximum Gasteiger partial charge on any atom is 0.0708 e. The minimum Gasteiger partial charge on any atom is -0.309 e. The normalized spacial score (nSPS) is 12.5. The Bertz CT molecular complexity index is 560. The number of nitrogens with zero attached hydrogens (tertiary/aromatic N) is 1. The van der Waals surface area contributed by atoms with Crippen LogP contribution in [0.25, 0.3) is 10.9 Å². The third-order valence-corrected chi connectivity index (χ3v) is 3.41.